The minimum atomic E-state index is -0.0709. The molecular formula is C24H23N3OS. The van der Waals surface area contributed by atoms with Gasteiger partial charge in [-0.1, -0.05) is 66.7 Å². The molecule has 1 N–H and O–H groups in total. The molecule has 146 valence electrons. The summed E-state index contributed by atoms with van der Waals surface area (Å²) in [6.07, 6.45) is 0. The minimum absolute atomic E-state index is 0.0709. The number of nitriles is 1. The molecular weight excluding hydrogens is 378 g/mol. The van der Waals surface area contributed by atoms with Crippen LogP contribution in [0.15, 0.2) is 83.8 Å². The number of benzene rings is 3. The molecule has 0 atom stereocenters. The zero-order chi connectivity index (χ0) is 20.5. The second-order valence-corrected chi connectivity index (χ2v) is 7.74. The average molecular weight is 402 g/mol. The Bertz CT molecular complexity index is 981. The predicted octanol–water partition coefficient (Wildman–Crippen LogP) is 5.04. The Kier molecular flexibility index (Phi) is 7.46. The minimum Gasteiger partial charge on any atom is -0.324 e. The number of carbonyl (C=O) groups is 1. The first-order valence-corrected chi connectivity index (χ1v) is 10.4. The molecule has 0 bridgehead atoms. The van der Waals surface area contributed by atoms with Gasteiger partial charge in [0.2, 0.25) is 5.91 Å². The van der Waals surface area contributed by atoms with Crippen LogP contribution in [0.3, 0.4) is 0 Å². The van der Waals surface area contributed by atoms with E-state index >= 15 is 0 Å². The van der Waals surface area contributed by atoms with Crippen LogP contribution in [-0.4, -0.2) is 30.2 Å². The molecule has 0 unspecified atom stereocenters. The Morgan fingerprint density at radius 3 is 2.34 bits per heavy atom. The largest absolute Gasteiger partial charge is 0.324 e. The fraction of sp³-hybridized carbons (Fsp3) is 0.167. The van der Waals surface area contributed by atoms with E-state index in [0.29, 0.717) is 12.3 Å². The molecule has 0 radical (unpaired) electrons. The Balaban J connectivity index is 1.55. The highest BCUT2D eigenvalue weighted by Gasteiger charge is 2.10. The van der Waals surface area contributed by atoms with Crippen molar-refractivity contribution < 1.29 is 4.79 Å². The molecule has 0 aliphatic heterocycles. The number of amides is 1. The van der Waals surface area contributed by atoms with Gasteiger partial charge in [-0.15, -0.1) is 11.8 Å². The summed E-state index contributed by atoms with van der Waals surface area (Å²) in [5.74, 6) is 0.282. The highest BCUT2D eigenvalue weighted by molar-refractivity contribution is 7.99. The van der Waals surface area contributed by atoms with Gasteiger partial charge in [0.15, 0.2) is 0 Å². The molecule has 0 aromatic heterocycles. The van der Waals surface area contributed by atoms with Gasteiger partial charge in [0.25, 0.3) is 0 Å². The number of hydrogen-bond donors (Lipinski definition) is 1. The lowest BCUT2D eigenvalue weighted by Gasteiger charge is -2.17. The molecule has 3 aromatic carbocycles. The highest BCUT2D eigenvalue weighted by Crippen LogP contribution is 2.26. The van der Waals surface area contributed by atoms with Crippen molar-refractivity contribution in [3.8, 4) is 17.2 Å². The Morgan fingerprint density at radius 2 is 1.62 bits per heavy atom. The summed E-state index contributed by atoms with van der Waals surface area (Å²) in [5, 5.41) is 11.7. The number of anilines is 1. The van der Waals surface area contributed by atoms with E-state index in [1.165, 1.54) is 22.9 Å². The molecule has 0 aliphatic rings. The molecule has 3 rings (SSSR count). The summed E-state index contributed by atoms with van der Waals surface area (Å²) in [6.45, 7) is 0.977. The zero-order valence-corrected chi connectivity index (χ0v) is 17.2. The SMILES string of the molecule is CN(CC(=O)Nc1ccccc1SCC#N)Cc1ccc(-c2ccccc2)cc1. The molecule has 0 heterocycles. The van der Waals surface area contributed by atoms with Gasteiger partial charge in [-0.05, 0) is 35.9 Å². The maximum Gasteiger partial charge on any atom is 0.238 e. The topological polar surface area (TPSA) is 56.1 Å². The third-order valence-electron chi connectivity index (χ3n) is 4.38. The lowest BCUT2D eigenvalue weighted by atomic mass is 10.0. The predicted molar refractivity (Wildman–Crippen MR) is 120 cm³/mol. The van der Waals surface area contributed by atoms with E-state index in [1.54, 1.807) is 0 Å². The van der Waals surface area contributed by atoms with E-state index in [4.69, 9.17) is 5.26 Å². The van der Waals surface area contributed by atoms with Crippen LogP contribution >= 0.6 is 11.8 Å². The number of hydrogen-bond acceptors (Lipinski definition) is 4. The van der Waals surface area contributed by atoms with Crippen LogP contribution in [-0.2, 0) is 11.3 Å². The quantitative estimate of drug-likeness (QED) is 0.537. The second-order valence-electron chi connectivity index (χ2n) is 6.73. The van der Waals surface area contributed by atoms with Crippen molar-refractivity contribution in [2.45, 2.75) is 11.4 Å². The van der Waals surface area contributed by atoms with Gasteiger partial charge in [-0.2, -0.15) is 5.26 Å². The van der Waals surface area contributed by atoms with Crippen LogP contribution in [0.5, 0.6) is 0 Å². The summed E-state index contributed by atoms with van der Waals surface area (Å²) < 4.78 is 0. The van der Waals surface area contributed by atoms with E-state index < -0.39 is 0 Å². The molecule has 1 amide bonds. The van der Waals surface area contributed by atoms with E-state index in [1.807, 2.05) is 54.4 Å². The highest BCUT2D eigenvalue weighted by atomic mass is 32.2. The lowest BCUT2D eigenvalue weighted by molar-refractivity contribution is -0.117. The van der Waals surface area contributed by atoms with Gasteiger partial charge in [0.05, 0.1) is 24.1 Å². The molecule has 0 saturated heterocycles. The number of carbonyl (C=O) groups excluding carboxylic acids is 1. The summed E-state index contributed by atoms with van der Waals surface area (Å²) >= 11 is 1.42. The molecule has 0 spiro atoms. The first-order valence-electron chi connectivity index (χ1n) is 9.37. The van der Waals surface area contributed by atoms with Crippen molar-refractivity contribution in [3.63, 3.8) is 0 Å². The third kappa shape index (κ3) is 6.21. The average Bonchev–Trinajstić information content (AvgIpc) is 2.74. The van der Waals surface area contributed by atoms with Gasteiger partial charge in [-0.25, -0.2) is 0 Å². The molecule has 5 heteroatoms. The first kappa shape index (κ1) is 20.7. The number of likely N-dealkylation sites (N-methyl/N-ethyl adjacent to an activating group) is 1. The van der Waals surface area contributed by atoms with Crippen LogP contribution < -0.4 is 5.32 Å². The van der Waals surface area contributed by atoms with Crippen LogP contribution in [0, 0.1) is 11.3 Å². The fourth-order valence-corrected chi connectivity index (χ4v) is 3.71. The smallest absolute Gasteiger partial charge is 0.238 e. The summed E-state index contributed by atoms with van der Waals surface area (Å²) in [4.78, 5) is 15.3. The number of thioether (sulfide) groups is 1. The van der Waals surface area contributed by atoms with Crippen LogP contribution in [0.1, 0.15) is 5.56 Å². The van der Waals surface area contributed by atoms with Crippen LogP contribution in [0.2, 0.25) is 0 Å². The molecule has 3 aromatic rings. The van der Waals surface area contributed by atoms with Gasteiger partial charge in [-0.3, -0.25) is 9.69 Å². The molecule has 0 fully saturated rings. The monoisotopic (exact) mass is 401 g/mol. The Morgan fingerprint density at radius 1 is 0.966 bits per heavy atom. The van der Waals surface area contributed by atoms with Crippen molar-refractivity contribution in [3.05, 3.63) is 84.4 Å². The van der Waals surface area contributed by atoms with E-state index in [0.717, 1.165) is 16.1 Å². The van der Waals surface area contributed by atoms with Gasteiger partial charge >= 0.3 is 0 Å². The van der Waals surface area contributed by atoms with Gasteiger partial charge in [0, 0.05) is 11.4 Å². The van der Waals surface area contributed by atoms with Crippen molar-refractivity contribution in [1.29, 1.82) is 5.26 Å². The van der Waals surface area contributed by atoms with Crippen molar-refractivity contribution in [1.82, 2.24) is 4.90 Å². The molecule has 4 nitrogen and oxygen atoms in total. The standard InChI is InChI=1S/C24H23N3OS/c1-27(17-19-11-13-21(14-12-19)20-7-3-2-4-8-20)18-24(28)26-22-9-5-6-10-23(22)29-16-15-25/h2-14H,16-18H2,1H3,(H,26,28). The van der Waals surface area contributed by atoms with Crippen molar-refractivity contribution in [2.24, 2.45) is 0 Å². The van der Waals surface area contributed by atoms with Crippen molar-refractivity contribution >= 4 is 23.4 Å². The maximum atomic E-state index is 12.5. The summed E-state index contributed by atoms with van der Waals surface area (Å²) in [5.41, 5.74) is 4.28. The molecule has 0 aliphatic carbocycles. The summed E-state index contributed by atoms with van der Waals surface area (Å²) in [7, 11) is 1.93. The van der Waals surface area contributed by atoms with Gasteiger partial charge < -0.3 is 5.32 Å². The second kappa shape index (κ2) is 10.5. The number of nitrogens with one attached hydrogen (secondary N) is 1. The number of rotatable bonds is 8. The Labute approximate surface area is 176 Å². The maximum absolute atomic E-state index is 12.5. The molecule has 29 heavy (non-hydrogen) atoms. The zero-order valence-electron chi connectivity index (χ0n) is 16.3. The van der Waals surface area contributed by atoms with E-state index in [-0.39, 0.29) is 12.5 Å². The lowest BCUT2D eigenvalue weighted by Crippen LogP contribution is -2.30. The first-order chi connectivity index (χ1) is 14.2. The van der Waals surface area contributed by atoms with Crippen LogP contribution in [0.4, 0.5) is 5.69 Å². The van der Waals surface area contributed by atoms with E-state index in [2.05, 4.69) is 47.8 Å². The van der Waals surface area contributed by atoms with E-state index in [9.17, 15) is 4.79 Å². The van der Waals surface area contributed by atoms with Crippen LogP contribution in [0.25, 0.3) is 11.1 Å². The van der Waals surface area contributed by atoms with Crippen molar-refractivity contribution in [2.75, 3.05) is 24.7 Å². The third-order valence-corrected chi connectivity index (χ3v) is 5.32. The summed E-state index contributed by atoms with van der Waals surface area (Å²) in [6, 6.07) is 28.4. The number of nitrogens with zero attached hydrogens (tertiary/aromatic N) is 2. The van der Waals surface area contributed by atoms with Gasteiger partial charge in [0.1, 0.15) is 0 Å². The Hall–Kier alpha value is -3.07. The fourth-order valence-electron chi connectivity index (χ4n) is 3.04. The normalized spacial score (nSPS) is 10.5. The molecule has 0 saturated carbocycles. The number of para-hydroxylation sites is 1.